The number of aliphatic hydroxyl groups is 1. The maximum Gasteiger partial charge on any atom is 0.188 e. The highest BCUT2D eigenvalue weighted by Crippen LogP contribution is 2.37. The van der Waals surface area contributed by atoms with Crippen molar-refractivity contribution >= 4 is 38.9 Å². The Bertz CT molecular complexity index is 264. The van der Waals surface area contributed by atoms with E-state index >= 15 is 0 Å². The summed E-state index contributed by atoms with van der Waals surface area (Å²) in [6, 6.07) is 1.82. The lowest BCUT2D eigenvalue weighted by Crippen LogP contribution is -1.93. The average molecular weight is 272 g/mol. The number of hydrogen-bond acceptors (Lipinski definition) is 3. The van der Waals surface area contributed by atoms with Crippen molar-refractivity contribution in [3.05, 3.63) is 15.4 Å². The first-order chi connectivity index (χ1) is 5.69. The van der Waals surface area contributed by atoms with Gasteiger partial charge in [-0.1, -0.05) is 0 Å². The van der Waals surface area contributed by atoms with Crippen LogP contribution in [-0.4, -0.2) is 18.1 Å². The molecule has 2 nitrogen and oxygen atoms in total. The van der Waals surface area contributed by atoms with Crippen molar-refractivity contribution < 1.29 is 9.84 Å². The lowest BCUT2D eigenvalue weighted by Gasteiger charge is -2.00. The van der Waals surface area contributed by atoms with Crippen LogP contribution in [0.3, 0.4) is 0 Å². The third-order valence-corrected chi connectivity index (χ3v) is 3.68. The van der Waals surface area contributed by atoms with E-state index in [1.807, 2.05) is 6.07 Å². The maximum atomic E-state index is 9.36. The minimum atomic E-state index is -0.600. The molecule has 1 unspecified atom stereocenters. The molecule has 0 saturated carbocycles. The summed E-state index contributed by atoms with van der Waals surface area (Å²) in [5.41, 5.74) is 0. The zero-order valence-corrected chi connectivity index (χ0v) is 9.54. The minimum Gasteiger partial charge on any atom is -0.486 e. The van der Waals surface area contributed by atoms with E-state index in [0.29, 0.717) is 0 Å². The second-order valence-corrected chi connectivity index (χ2v) is 4.37. The highest BCUT2D eigenvalue weighted by Gasteiger charge is 2.13. The van der Waals surface area contributed by atoms with E-state index in [-0.39, 0.29) is 5.88 Å². The van der Waals surface area contributed by atoms with Gasteiger partial charge in [-0.3, -0.25) is 0 Å². The Morgan fingerprint density at radius 2 is 2.50 bits per heavy atom. The number of hydrogen-bond donors (Lipinski definition) is 1. The Hall–Kier alpha value is 0.230. The molecule has 1 aromatic heterocycles. The van der Waals surface area contributed by atoms with Crippen LogP contribution < -0.4 is 4.74 Å². The first kappa shape index (κ1) is 10.3. The summed E-state index contributed by atoms with van der Waals surface area (Å²) in [7, 11) is 1.59. The predicted octanol–water partition coefficient (Wildman–Crippen LogP) is 2.79. The number of rotatable bonds is 3. The fourth-order valence-electron chi connectivity index (χ4n) is 0.748. The molecule has 0 aromatic carbocycles. The third kappa shape index (κ3) is 2.13. The molecule has 0 radical (unpaired) electrons. The van der Waals surface area contributed by atoms with Crippen LogP contribution in [0.2, 0.25) is 0 Å². The van der Waals surface area contributed by atoms with Crippen LogP contribution in [0.15, 0.2) is 10.5 Å². The van der Waals surface area contributed by atoms with Crippen LogP contribution >= 0.6 is 38.9 Å². The molecule has 1 atom stereocenters. The number of halogens is 2. The average Bonchev–Trinajstić information content (AvgIpc) is 2.45. The molecule has 68 valence electrons. The first-order valence-corrected chi connectivity index (χ1v) is 5.40. The van der Waals surface area contributed by atoms with Gasteiger partial charge >= 0.3 is 0 Å². The lowest BCUT2D eigenvalue weighted by atomic mass is 10.3. The van der Waals surface area contributed by atoms with Crippen LogP contribution in [0.5, 0.6) is 5.06 Å². The Kier molecular flexibility index (Phi) is 3.83. The van der Waals surface area contributed by atoms with E-state index in [2.05, 4.69) is 15.9 Å². The minimum absolute atomic E-state index is 0.204. The lowest BCUT2D eigenvalue weighted by molar-refractivity contribution is 0.206. The quantitative estimate of drug-likeness (QED) is 0.857. The Morgan fingerprint density at radius 3 is 2.92 bits per heavy atom. The van der Waals surface area contributed by atoms with Crippen molar-refractivity contribution in [1.82, 2.24) is 0 Å². The van der Waals surface area contributed by atoms with Gasteiger partial charge in [-0.2, -0.15) is 0 Å². The SMILES string of the molecule is COc1sc(C(O)CCl)cc1Br. The standard InChI is InChI=1S/C7H8BrClO2S/c1-11-7-4(8)2-6(12-7)5(10)3-9/h2,5,10H,3H2,1H3. The molecule has 1 aromatic rings. The molecule has 0 spiro atoms. The number of thiophene rings is 1. The largest absolute Gasteiger partial charge is 0.486 e. The topological polar surface area (TPSA) is 29.5 Å². The van der Waals surface area contributed by atoms with Crippen LogP contribution in [-0.2, 0) is 0 Å². The van der Waals surface area contributed by atoms with Crippen LogP contribution in [0, 0.1) is 0 Å². The van der Waals surface area contributed by atoms with Crippen molar-refractivity contribution in [2.24, 2.45) is 0 Å². The normalized spacial score (nSPS) is 13.0. The summed E-state index contributed by atoms with van der Waals surface area (Å²) in [6.07, 6.45) is -0.600. The van der Waals surface area contributed by atoms with E-state index in [1.54, 1.807) is 7.11 Å². The van der Waals surface area contributed by atoms with Crippen molar-refractivity contribution in [2.75, 3.05) is 13.0 Å². The Morgan fingerprint density at radius 1 is 1.83 bits per heavy atom. The van der Waals surface area contributed by atoms with E-state index in [1.165, 1.54) is 11.3 Å². The van der Waals surface area contributed by atoms with Gasteiger partial charge in [0.1, 0.15) is 6.10 Å². The molecule has 0 saturated heterocycles. The highest BCUT2D eigenvalue weighted by molar-refractivity contribution is 9.10. The van der Waals surface area contributed by atoms with Crippen molar-refractivity contribution in [3.63, 3.8) is 0 Å². The molecule has 0 amide bonds. The molecule has 0 aliphatic carbocycles. The third-order valence-electron chi connectivity index (χ3n) is 1.33. The second kappa shape index (κ2) is 4.46. The molecule has 1 heterocycles. The smallest absolute Gasteiger partial charge is 0.188 e. The Balaban J connectivity index is 2.88. The number of aliphatic hydroxyl groups excluding tert-OH is 1. The molecular weight excluding hydrogens is 263 g/mol. The van der Waals surface area contributed by atoms with Gasteiger partial charge in [0.15, 0.2) is 5.06 Å². The molecule has 0 fully saturated rings. The van der Waals surface area contributed by atoms with Gasteiger partial charge in [-0.25, -0.2) is 0 Å². The summed E-state index contributed by atoms with van der Waals surface area (Å²) < 4.78 is 5.89. The van der Waals surface area contributed by atoms with E-state index < -0.39 is 6.10 Å². The number of alkyl halides is 1. The predicted molar refractivity (Wildman–Crippen MR) is 54.3 cm³/mol. The van der Waals surface area contributed by atoms with Gasteiger partial charge < -0.3 is 9.84 Å². The first-order valence-electron chi connectivity index (χ1n) is 3.26. The van der Waals surface area contributed by atoms with E-state index in [4.69, 9.17) is 16.3 Å². The van der Waals surface area contributed by atoms with Gasteiger partial charge in [-0.05, 0) is 22.0 Å². The van der Waals surface area contributed by atoms with Crippen molar-refractivity contribution in [2.45, 2.75) is 6.10 Å². The monoisotopic (exact) mass is 270 g/mol. The molecular formula is C7H8BrClO2S. The van der Waals surface area contributed by atoms with E-state index in [0.717, 1.165) is 14.4 Å². The number of ether oxygens (including phenoxy) is 1. The summed E-state index contributed by atoms with van der Waals surface area (Å²) in [5.74, 6) is 0.204. The molecule has 1 N–H and O–H groups in total. The van der Waals surface area contributed by atoms with Crippen LogP contribution in [0.25, 0.3) is 0 Å². The fourth-order valence-corrected chi connectivity index (χ4v) is 2.66. The maximum absolute atomic E-state index is 9.36. The summed E-state index contributed by atoms with van der Waals surface area (Å²) >= 11 is 10.2. The molecule has 0 aliphatic heterocycles. The number of methoxy groups -OCH3 is 1. The van der Waals surface area contributed by atoms with Crippen molar-refractivity contribution in [3.8, 4) is 5.06 Å². The fraction of sp³-hybridized carbons (Fsp3) is 0.429. The Labute approximate surface area is 88.2 Å². The van der Waals surface area contributed by atoms with Gasteiger partial charge in [0.2, 0.25) is 0 Å². The van der Waals surface area contributed by atoms with Crippen LogP contribution in [0.1, 0.15) is 11.0 Å². The zero-order chi connectivity index (χ0) is 9.14. The van der Waals surface area contributed by atoms with Crippen LogP contribution in [0.4, 0.5) is 0 Å². The van der Waals surface area contributed by atoms with E-state index in [9.17, 15) is 5.11 Å². The molecule has 0 aliphatic rings. The van der Waals surface area contributed by atoms with Gasteiger partial charge in [0.05, 0.1) is 17.5 Å². The molecule has 5 heteroatoms. The summed E-state index contributed by atoms with van der Waals surface area (Å²) in [6.45, 7) is 0. The highest BCUT2D eigenvalue weighted by atomic mass is 79.9. The molecule has 0 bridgehead atoms. The summed E-state index contributed by atoms with van der Waals surface area (Å²) in [4.78, 5) is 0.814. The van der Waals surface area contributed by atoms with Gasteiger partial charge in [-0.15, -0.1) is 22.9 Å². The molecule has 1 rings (SSSR count). The molecule has 12 heavy (non-hydrogen) atoms. The van der Waals surface area contributed by atoms with Gasteiger partial charge in [0, 0.05) is 4.88 Å². The van der Waals surface area contributed by atoms with Crippen molar-refractivity contribution in [1.29, 1.82) is 0 Å². The van der Waals surface area contributed by atoms with Gasteiger partial charge in [0.25, 0.3) is 0 Å². The second-order valence-electron chi connectivity index (χ2n) is 2.16. The zero-order valence-electron chi connectivity index (χ0n) is 6.38. The summed E-state index contributed by atoms with van der Waals surface area (Å²) in [5, 5.41) is 10.1.